The Morgan fingerprint density at radius 3 is 2.41 bits per heavy atom. The molecule has 17 heavy (non-hydrogen) atoms. The van der Waals surface area contributed by atoms with Gasteiger partial charge in [0.15, 0.2) is 5.11 Å². The average molecular weight is 260 g/mol. The van der Waals surface area contributed by atoms with E-state index in [0.29, 0.717) is 12.0 Å². The van der Waals surface area contributed by atoms with E-state index < -0.39 is 0 Å². The molecular formula is C13H28N2OS. The van der Waals surface area contributed by atoms with Gasteiger partial charge in [0.05, 0.1) is 0 Å². The Morgan fingerprint density at radius 1 is 1.24 bits per heavy atom. The normalized spacial score (nSPS) is 12.5. The van der Waals surface area contributed by atoms with E-state index in [9.17, 15) is 0 Å². The third-order valence-electron chi connectivity index (χ3n) is 3.07. The maximum Gasteiger partial charge on any atom is 0.166 e. The van der Waals surface area contributed by atoms with Crippen molar-refractivity contribution in [3.63, 3.8) is 0 Å². The standard InChI is InChI=1S/C13H28N2OS/c1-5-12(6-2)11(4)15-13(17)14-9-8-10-16-7-3/h11-12H,5-10H2,1-4H3,(H2,14,15,17). The summed E-state index contributed by atoms with van der Waals surface area (Å²) in [6.07, 6.45) is 3.38. The number of rotatable bonds is 9. The summed E-state index contributed by atoms with van der Waals surface area (Å²) in [6, 6.07) is 0.442. The van der Waals surface area contributed by atoms with Gasteiger partial charge >= 0.3 is 0 Å². The molecule has 0 amide bonds. The van der Waals surface area contributed by atoms with Gasteiger partial charge in [0, 0.05) is 25.8 Å². The molecule has 0 fully saturated rings. The van der Waals surface area contributed by atoms with Gasteiger partial charge in [-0.3, -0.25) is 0 Å². The minimum Gasteiger partial charge on any atom is -0.382 e. The lowest BCUT2D eigenvalue weighted by atomic mass is 9.96. The maximum atomic E-state index is 5.27. The van der Waals surface area contributed by atoms with Gasteiger partial charge < -0.3 is 15.4 Å². The smallest absolute Gasteiger partial charge is 0.166 e. The summed E-state index contributed by atoms with van der Waals surface area (Å²) in [5, 5.41) is 7.33. The van der Waals surface area contributed by atoms with Crippen LogP contribution >= 0.6 is 12.2 Å². The summed E-state index contributed by atoms with van der Waals surface area (Å²) in [5.41, 5.74) is 0. The van der Waals surface area contributed by atoms with Crippen LogP contribution in [0, 0.1) is 5.92 Å². The van der Waals surface area contributed by atoms with E-state index in [0.717, 1.165) is 31.3 Å². The van der Waals surface area contributed by atoms with Gasteiger partial charge in [-0.05, 0) is 38.4 Å². The fraction of sp³-hybridized carbons (Fsp3) is 0.923. The van der Waals surface area contributed by atoms with Gasteiger partial charge in [-0.1, -0.05) is 26.7 Å². The highest BCUT2D eigenvalue weighted by Gasteiger charge is 2.13. The Morgan fingerprint density at radius 2 is 1.88 bits per heavy atom. The van der Waals surface area contributed by atoms with Crippen molar-refractivity contribution in [3.8, 4) is 0 Å². The van der Waals surface area contributed by atoms with E-state index in [1.165, 1.54) is 12.8 Å². The van der Waals surface area contributed by atoms with Crippen LogP contribution in [0.3, 0.4) is 0 Å². The Balaban J connectivity index is 3.63. The first-order valence-electron chi connectivity index (χ1n) is 6.77. The molecule has 0 aromatic heterocycles. The van der Waals surface area contributed by atoms with Gasteiger partial charge in [-0.2, -0.15) is 0 Å². The van der Waals surface area contributed by atoms with Crippen molar-refractivity contribution < 1.29 is 4.74 Å². The molecule has 0 saturated carbocycles. The van der Waals surface area contributed by atoms with Crippen LogP contribution in [-0.4, -0.2) is 30.9 Å². The van der Waals surface area contributed by atoms with Gasteiger partial charge in [0.25, 0.3) is 0 Å². The van der Waals surface area contributed by atoms with Gasteiger partial charge in [0.2, 0.25) is 0 Å². The highest BCUT2D eigenvalue weighted by Crippen LogP contribution is 2.12. The van der Waals surface area contributed by atoms with E-state index in [4.69, 9.17) is 17.0 Å². The Hall–Kier alpha value is -0.350. The van der Waals surface area contributed by atoms with Crippen LogP contribution in [0.25, 0.3) is 0 Å². The topological polar surface area (TPSA) is 33.3 Å². The molecule has 2 N–H and O–H groups in total. The first-order valence-corrected chi connectivity index (χ1v) is 7.18. The third kappa shape index (κ3) is 8.38. The quantitative estimate of drug-likeness (QED) is 0.493. The molecule has 0 rings (SSSR count). The SMILES string of the molecule is CCOCCCNC(=S)NC(C)C(CC)CC. The average Bonchev–Trinajstić information content (AvgIpc) is 2.30. The fourth-order valence-corrected chi connectivity index (χ4v) is 2.18. The molecule has 3 nitrogen and oxygen atoms in total. The lowest BCUT2D eigenvalue weighted by Crippen LogP contribution is -2.44. The van der Waals surface area contributed by atoms with E-state index in [1.807, 2.05) is 6.92 Å². The van der Waals surface area contributed by atoms with Crippen molar-refractivity contribution in [1.29, 1.82) is 0 Å². The Labute approximate surface area is 112 Å². The summed E-state index contributed by atoms with van der Waals surface area (Å²) in [5.74, 6) is 0.693. The molecule has 0 aliphatic rings. The second-order valence-electron chi connectivity index (χ2n) is 4.32. The van der Waals surface area contributed by atoms with Gasteiger partial charge in [-0.25, -0.2) is 0 Å². The summed E-state index contributed by atoms with van der Waals surface area (Å²) < 4.78 is 5.27. The lowest BCUT2D eigenvalue weighted by molar-refractivity contribution is 0.145. The minimum absolute atomic E-state index is 0.442. The van der Waals surface area contributed by atoms with Crippen molar-refractivity contribution >= 4 is 17.3 Å². The zero-order chi connectivity index (χ0) is 13.1. The monoisotopic (exact) mass is 260 g/mol. The molecule has 102 valence electrons. The first kappa shape index (κ1) is 16.6. The van der Waals surface area contributed by atoms with E-state index >= 15 is 0 Å². The molecular weight excluding hydrogens is 232 g/mol. The maximum absolute atomic E-state index is 5.27. The summed E-state index contributed by atoms with van der Waals surface area (Å²) >= 11 is 5.26. The Kier molecular flexibility index (Phi) is 10.6. The third-order valence-corrected chi connectivity index (χ3v) is 3.33. The van der Waals surface area contributed by atoms with Crippen molar-refractivity contribution in [1.82, 2.24) is 10.6 Å². The molecule has 1 unspecified atom stereocenters. The van der Waals surface area contributed by atoms with Crippen LogP contribution in [0.5, 0.6) is 0 Å². The highest BCUT2D eigenvalue weighted by atomic mass is 32.1. The number of hydrogen-bond acceptors (Lipinski definition) is 2. The van der Waals surface area contributed by atoms with Crippen LogP contribution in [0.1, 0.15) is 47.0 Å². The molecule has 4 heteroatoms. The van der Waals surface area contributed by atoms with Crippen LogP contribution in [0.2, 0.25) is 0 Å². The second-order valence-corrected chi connectivity index (χ2v) is 4.72. The van der Waals surface area contributed by atoms with E-state index in [2.05, 4.69) is 31.4 Å². The van der Waals surface area contributed by atoms with Gasteiger partial charge in [-0.15, -0.1) is 0 Å². The molecule has 0 heterocycles. The predicted molar refractivity (Wildman–Crippen MR) is 78.4 cm³/mol. The molecule has 0 aromatic rings. The molecule has 0 bridgehead atoms. The zero-order valence-electron chi connectivity index (χ0n) is 11.7. The van der Waals surface area contributed by atoms with Crippen LogP contribution in [0.4, 0.5) is 0 Å². The van der Waals surface area contributed by atoms with Crippen molar-refractivity contribution in [3.05, 3.63) is 0 Å². The number of thiocarbonyl (C=S) groups is 1. The van der Waals surface area contributed by atoms with Crippen molar-refractivity contribution in [2.75, 3.05) is 19.8 Å². The number of hydrogen-bond donors (Lipinski definition) is 2. The van der Waals surface area contributed by atoms with Crippen LogP contribution in [0.15, 0.2) is 0 Å². The fourth-order valence-electron chi connectivity index (χ4n) is 1.89. The Bertz CT molecular complexity index is 196. The van der Waals surface area contributed by atoms with Crippen LogP contribution < -0.4 is 10.6 Å². The minimum atomic E-state index is 0.442. The summed E-state index contributed by atoms with van der Waals surface area (Å²) in [7, 11) is 0. The molecule has 0 saturated heterocycles. The lowest BCUT2D eigenvalue weighted by Gasteiger charge is -2.24. The number of ether oxygens (including phenoxy) is 1. The molecule has 1 atom stereocenters. The summed E-state index contributed by atoms with van der Waals surface area (Å²) in [6.45, 7) is 11.1. The molecule has 0 aromatic carbocycles. The number of nitrogens with one attached hydrogen (secondary N) is 2. The van der Waals surface area contributed by atoms with Crippen molar-refractivity contribution in [2.24, 2.45) is 5.92 Å². The molecule has 0 radical (unpaired) electrons. The van der Waals surface area contributed by atoms with Crippen LogP contribution in [-0.2, 0) is 4.74 Å². The predicted octanol–water partition coefficient (Wildman–Crippen LogP) is 2.70. The molecule has 0 aliphatic carbocycles. The van der Waals surface area contributed by atoms with E-state index in [1.54, 1.807) is 0 Å². The highest BCUT2D eigenvalue weighted by molar-refractivity contribution is 7.80. The van der Waals surface area contributed by atoms with Gasteiger partial charge in [0.1, 0.15) is 0 Å². The van der Waals surface area contributed by atoms with E-state index in [-0.39, 0.29) is 0 Å². The zero-order valence-corrected chi connectivity index (χ0v) is 12.5. The molecule has 0 aliphatic heterocycles. The summed E-state index contributed by atoms with van der Waals surface area (Å²) in [4.78, 5) is 0. The largest absolute Gasteiger partial charge is 0.382 e. The molecule has 0 spiro atoms. The van der Waals surface area contributed by atoms with Crippen molar-refractivity contribution in [2.45, 2.75) is 53.0 Å². The first-order chi connectivity index (χ1) is 8.15. The second kappa shape index (κ2) is 10.8.